The summed E-state index contributed by atoms with van der Waals surface area (Å²) in [7, 11) is 0. The lowest BCUT2D eigenvalue weighted by Crippen LogP contribution is -2.26. The average molecular weight is 221 g/mol. The molecule has 0 radical (unpaired) electrons. The normalized spacial score (nSPS) is 25.9. The van der Waals surface area contributed by atoms with Crippen LogP contribution in [0, 0.1) is 11.8 Å². The van der Waals surface area contributed by atoms with E-state index in [1.807, 2.05) is 0 Å². The summed E-state index contributed by atoms with van der Waals surface area (Å²) in [4.78, 5) is 0. The third-order valence-corrected chi connectivity index (χ3v) is 4.53. The first-order valence-corrected chi connectivity index (χ1v) is 7.31. The van der Waals surface area contributed by atoms with Crippen molar-refractivity contribution in [3.8, 4) is 0 Å². The third kappa shape index (κ3) is 3.10. The van der Waals surface area contributed by atoms with Gasteiger partial charge in [-0.2, -0.15) is 0 Å². The van der Waals surface area contributed by atoms with Gasteiger partial charge in [0.1, 0.15) is 0 Å². The van der Waals surface area contributed by atoms with Gasteiger partial charge < -0.3 is 5.73 Å². The highest BCUT2D eigenvalue weighted by atomic mass is 14.6. The van der Waals surface area contributed by atoms with Gasteiger partial charge in [0.05, 0.1) is 0 Å². The predicted molar refractivity (Wildman–Crippen MR) is 70.3 cm³/mol. The number of nitrogens with two attached hydrogens (primary N) is 1. The summed E-state index contributed by atoms with van der Waals surface area (Å²) in [6.07, 6.45) is 16.6. The van der Waals surface area contributed by atoms with E-state index in [9.17, 15) is 0 Å². The van der Waals surface area contributed by atoms with Crippen LogP contribution in [0.5, 0.6) is 0 Å². The van der Waals surface area contributed by atoms with E-state index in [2.05, 4.69) is 6.08 Å². The molecule has 0 aliphatic heterocycles. The predicted octanol–water partition coefficient (Wildman–Crippen LogP) is 4.03. The first-order valence-electron chi connectivity index (χ1n) is 7.31. The lowest BCUT2D eigenvalue weighted by molar-refractivity contribution is 0.331. The van der Waals surface area contributed by atoms with Gasteiger partial charge in [-0.25, -0.2) is 0 Å². The van der Waals surface area contributed by atoms with Crippen molar-refractivity contribution in [3.05, 3.63) is 11.6 Å². The number of allylic oxidation sites excluding steroid dienone is 1. The molecule has 1 nitrogen and oxygen atoms in total. The van der Waals surface area contributed by atoms with Crippen LogP contribution < -0.4 is 5.73 Å². The second-order valence-corrected chi connectivity index (χ2v) is 5.62. The minimum atomic E-state index is 0.721. The molecule has 0 bridgehead atoms. The van der Waals surface area contributed by atoms with Crippen molar-refractivity contribution >= 4 is 0 Å². The fourth-order valence-corrected chi connectivity index (χ4v) is 3.56. The zero-order chi connectivity index (χ0) is 11.2. The molecule has 2 N–H and O–H groups in total. The molecule has 0 amide bonds. The minimum absolute atomic E-state index is 0.721. The van der Waals surface area contributed by atoms with E-state index < -0.39 is 0 Å². The lowest BCUT2D eigenvalue weighted by Gasteiger charge is -2.29. The topological polar surface area (TPSA) is 26.0 Å². The third-order valence-electron chi connectivity index (χ3n) is 4.53. The molecular weight excluding hydrogens is 194 g/mol. The van der Waals surface area contributed by atoms with Crippen LogP contribution in [0.2, 0.25) is 0 Å². The van der Waals surface area contributed by atoms with Gasteiger partial charge in [0, 0.05) is 0 Å². The van der Waals surface area contributed by atoms with Crippen molar-refractivity contribution in [2.75, 3.05) is 6.54 Å². The summed E-state index contributed by atoms with van der Waals surface area (Å²) in [6, 6.07) is 0. The van der Waals surface area contributed by atoms with E-state index in [1.54, 1.807) is 5.57 Å². The van der Waals surface area contributed by atoms with Gasteiger partial charge in [0.15, 0.2) is 0 Å². The second-order valence-electron chi connectivity index (χ2n) is 5.62. The highest BCUT2D eigenvalue weighted by Crippen LogP contribution is 2.35. The SMILES string of the molecule is NCC(C1=CCCCC1)C1CCCCCC1. The molecule has 1 heteroatoms. The highest BCUT2D eigenvalue weighted by molar-refractivity contribution is 5.11. The molecule has 0 aromatic heterocycles. The first-order chi connectivity index (χ1) is 7.92. The average Bonchev–Trinajstić information content (AvgIpc) is 2.61. The van der Waals surface area contributed by atoms with E-state index in [1.165, 1.54) is 64.2 Å². The maximum atomic E-state index is 6.04. The molecule has 0 aromatic rings. The molecule has 0 heterocycles. The quantitative estimate of drug-likeness (QED) is 0.565. The van der Waals surface area contributed by atoms with Crippen molar-refractivity contribution in [1.82, 2.24) is 0 Å². The van der Waals surface area contributed by atoms with Crippen molar-refractivity contribution in [1.29, 1.82) is 0 Å². The Kier molecular flexibility index (Phi) is 4.90. The van der Waals surface area contributed by atoms with Crippen LogP contribution >= 0.6 is 0 Å². The first kappa shape index (κ1) is 12.2. The number of hydrogen-bond acceptors (Lipinski definition) is 1. The summed E-state index contributed by atoms with van der Waals surface area (Å²) < 4.78 is 0. The van der Waals surface area contributed by atoms with Crippen LogP contribution in [0.4, 0.5) is 0 Å². The van der Waals surface area contributed by atoms with Gasteiger partial charge in [-0.1, -0.05) is 37.3 Å². The van der Waals surface area contributed by atoms with Crippen molar-refractivity contribution in [3.63, 3.8) is 0 Å². The second kappa shape index (κ2) is 6.44. The molecule has 0 aromatic carbocycles. The Morgan fingerprint density at radius 2 is 1.81 bits per heavy atom. The minimum Gasteiger partial charge on any atom is -0.330 e. The number of hydrogen-bond donors (Lipinski definition) is 1. The van der Waals surface area contributed by atoms with Gasteiger partial charge in [0.25, 0.3) is 0 Å². The van der Waals surface area contributed by atoms with Crippen LogP contribution in [-0.4, -0.2) is 6.54 Å². The Morgan fingerprint density at radius 3 is 2.38 bits per heavy atom. The molecule has 1 unspecified atom stereocenters. The maximum absolute atomic E-state index is 6.04. The number of rotatable bonds is 3. The molecule has 0 spiro atoms. The zero-order valence-corrected chi connectivity index (χ0v) is 10.6. The van der Waals surface area contributed by atoms with Gasteiger partial charge in [-0.15, -0.1) is 0 Å². The highest BCUT2D eigenvalue weighted by Gasteiger charge is 2.25. The van der Waals surface area contributed by atoms with Gasteiger partial charge in [0.2, 0.25) is 0 Å². The van der Waals surface area contributed by atoms with E-state index >= 15 is 0 Å². The fraction of sp³-hybridized carbons (Fsp3) is 0.867. The summed E-state index contributed by atoms with van der Waals surface area (Å²) in [6.45, 7) is 0.885. The Balaban J connectivity index is 1.99. The van der Waals surface area contributed by atoms with Crippen molar-refractivity contribution < 1.29 is 0 Å². The van der Waals surface area contributed by atoms with Crippen molar-refractivity contribution in [2.45, 2.75) is 64.2 Å². The fourth-order valence-electron chi connectivity index (χ4n) is 3.56. The van der Waals surface area contributed by atoms with Crippen LogP contribution in [0.1, 0.15) is 64.2 Å². The van der Waals surface area contributed by atoms with E-state index in [4.69, 9.17) is 5.73 Å². The largest absolute Gasteiger partial charge is 0.330 e. The van der Waals surface area contributed by atoms with E-state index in [0.29, 0.717) is 0 Å². The molecule has 2 aliphatic carbocycles. The summed E-state index contributed by atoms with van der Waals surface area (Å²) >= 11 is 0. The zero-order valence-electron chi connectivity index (χ0n) is 10.6. The molecule has 16 heavy (non-hydrogen) atoms. The monoisotopic (exact) mass is 221 g/mol. The molecule has 1 atom stereocenters. The Hall–Kier alpha value is -0.300. The molecule has 1 saturated carbocycles. The maximum Gasteiger partial charge on any atom is -0.000883 e. The summed E-state index contributed by atoms with van der Waals surface area (Å²) in [5.74, 6) is 1.62. The molecule has 2 aliphatic rings. The molecule has 0 saturated heterocycles. The summed E-state index contributed by atoms with van der Waals surface area (Å²) in [5, 5.41) is 0. The smallest absolute Gasteiger partial charge is 0.000883 e. The van der Waals surface area contributed by atoms with Crippen LogP contribution in [0.15, 0.2) is 11.6 Å². The van der Waals surface area contributed by atoms with Crippen LogP contribution in [-0.2, 0) is 0 Å². The lowest BCUT2D eigenvalue weighted by atomic mass is 9.77. The molecule has 92 valence electrons. The van der Waals surface area contributed by atoms with Gasteiger partial charge in [-0.3, -0.25) is 0 Å². The van der Waals surface area contributed by atoms with Crippen LogP contribution in [0.25, 0.3) is 0 Å². The van der Waals surface area contributed by atoms with Crippen LogP contribution in [0.3, 0.4) is 0 Å². The van der Waals surface area contributed by atoms with Gasteiger partial charge >= 0.3 is 0 Å². The van der Waals surface area contributed by atoms with E-state index in [-0.39, 0.29) is 0 Å². The van der Waals surface area contributed by atoms with E-state index in [0.717, 1.165) is 18.4 Å². The van der Waals surface area contributed by atoms with Gasteiger partial charge in [-0.05, 0) is 56.9 Å². The molecule has 1 fully saturated rings. The Morgan fingerprint density at radius 1 is 1.06 bits per heavy atom. The van der Waals surface area contributed by atoms with Crippen molar-refractivity contribution in [2.24, 2.45) is 17.6 Å². The standard InChI is InChI=1S/C15H27N/c16-12-15(14-10-6-3-7-11-14)13-8-4-1-2-5-9-13/h10,13,15H,1-9,11-12,16H2. The Labute approximate surface area is 100 Å². The molecular formula is C15H27N. The Bertz CT molecular complexity index is 224. The summed E-state index contributed by atoms with van der Waals surface area (Å²) in [5.41, 5.74) is 7.75. The molecule has 2 rings (SSSR count).